The minimum absolute atomic E-state index is 0.0470. The van der Waals surface area contributed by atoms with Gasteiger partial charge in [-0.05, 0) is 92.9 Å². The third-order valence-corrected chi connectivity index (χ3v) is 9.24. The van der Waals surface area contributed by atoms with Crippen molar-refractivity contribution in [1.82, 2.24) is 15.3 Å². The molecule has 1 amide bonds. The van der Waals surface area contributed by atoms with E-state index in [2.05, 4.69) is 17.2 Å². The molecule has 4 aliphatic carbocycles. The van der Waals surface area contributed by atoms with Gasteiger partial charge in [-0.2, -0.15) is 0 Å². The fourth-order valence-electron chi connectivity index (χ4n) is 6.97. The lowest BCUT2D eigenvalue weighted by Crippen LogP contribution is -2.55. The Labute approximate surface area is 186 Å². The number of fused-ring (bicyclic) bond motifs is 1. The van der Waals surface area contributed by atoms with Crippen molar-refractivity contribution in [3.63, 3.8) is 0 Å². The summed E-state index contributed by atoms with van der Waals surface area (Å²) < 4.78 is 0. The number of rotatable bonds is 4. The summed E-state index contributed by atoms with van der Waals surface area (Å²) in [5, 5.41) is 4.21. The maximum absolute atomic E-state index is 13.3. The van der Waals surface area contributed by atoms with Crippen LogP contribution in [0.5, 0.6) is 0 Å². The molecule has 0 aliphatic heterocycles. The van der Waals surface area contributed by atoms with E-state index in [9.17, 15) is 4.79 Å². The van der Waals surface area contributed by atoms with Gasteiger partial charge < -0.3 is 11.1 Å². The maximum atomic E-state index is 13.3. The Morgan fingerprint density at radius 2 is 1.74 bits per heavy atom. The van der Waals surface area contributed by atoms with Crippen LogP contribution in [-0.2, 0) is 0 Å². The van der Waals surface area contributed by atoms with Crippen LogP contribution < -0.4 is 11.1 Å². The zero-order chi connectivity index (χ0) is 21.2. The number of amides is 1. The lowest BCUT2D eigenvalue weighted by atomic mass is 9.48. The quantitative estimate of drug-likeness (QED) is 0.588. The van der Waals surface area contributed by atoms with Gasteiger partial charge in [0.25, 0.3) is 5.91 Å². The molecular formula is C25H28N4OS. The highest BCUT2D eigenvalue weighted by molar-refractivity contribution is 7.21. The molecule has 0 aromatic carbocycles. The summed E-state index contributed by atoms with van der Waals surface area (Å²) in [6, 6.07) is 7.99. The van der Waals surface area contributed by atoms with Crippen molar-refractivity contribution < 1.29 is 4.79 Å². The third-order valence-electron chi connectivity index (χ3n) is 8.13. The molecule has 3 aromatic rings. The van der Waals surface area contributed by atoms with Crippen molar-refractivity contribution in [3.8, 4) is 11.3 Å². The first kappa shape index (κ1) is 19.2. The van der Waals surface area contributed by atoms with Crippen LogP contribution in [0.25, 0.3) is 21.5 Å². The topological polar surface area (TPSA) is 80.9 Å². The number of nitrogens with zero attached hydrogens (tertiary/aromatic N) is 2. The van der Waals surface area contributed by atoms with Crippen molar-refractivity contribution in [2.24, 2.45) is 23.2 Å². The molecule has 160 valence electrons. The van der Waals surface area contributed by atoms with Gasteiger partial charge >= 0.3 is 0 Å². The molecular weight excluding hydrogens is 404 g/mol. The van der Waals surface area contributed by atoms with Gasteiger partial charge in [0, 0.05) is 29.4 Å². The number of thiophene rings is 1. The Balaban J connectivity index is 1.26. The average Bonchev–Trinajstić information content (AvgIpc) is 3.09. The van der Waals surface area contributed by atoms with Gasteiger partial charge in [0.05, 0.1) is 11.4 Å². The molecule has 4 aliphatic rings. The molecule has 0 saturated heterocycles. The van der Waals surface area contributed by atoms with E-state index >= 15 is 0 Å². The van der Waals surface area contributed by atoms with Crippen LogP contribution in [-0.4, -0.2) is 21.9 Å². The van der Waals surface area contributed by atoms with Crippen molar-refractivity contribution >= 4 is 33.1 Å². The van der Waals surface area contributed by atoms with E-state index < -0.39 is 0 Å². The van der Waals surface area contributed by atoms with Crippen molar-refractivity contribution in [1.29, 1.82) is 0 Å². The molecule has 3 aromatic heterocycles. The van der Waals surface area contributed by atoms with Gasteiger partial charge in [0.1, 0.15) is 9.71 Å². The molecule has 3 N–H and O–H groups in total. The minimum atomic E-state index is -0.0470. The maximum Gasteiger partial charge on any atom is 0.263 e. The lowest BCUT2D eigenvalue weighted by Gasteiger charge is -2.59. The molecule has 5 nitrogen and oxygen atoms in total. The van der Waals surface area contributed by atoms with E-state index in [-0.39, 0.29) is 17.4 Å². The average molecular weight is 433 g/mol. The smallest absolute Gasteiger partial charge is 0.263 e. The molecule has 31 heavy (non-hydrogen) atoms. The van der Waals surface area contributed by atoms with Gasteiger partial charge in [-0.25, -0.2) is 4.98 Å². The number of carbonyl (C=O) groups excluding carboxylic acids is 1. The summed E-state index contributed by atoms with van der Waals surface area (Å²) in [5.74, 6) is 2.57. The fourth-order valence-corrected chi connectivity index (χ4v) is 7.97. The van der Waals surface area contributed by atoms with E-state index in [4.69, 9.17) is 10.7 Å². The predicted molar refractivity (Wildman–Crippen MR) is 125 cm³/mol. The van der Waals surface area contributed by atoms with E-state index in [1.165, 1.54) is 49.9 Å². The van der Waals surface area contributed by atoms with Gasteiger partial charge in [-0.1, -0.05) is 0 Å². The SMILES string of the molecule is C[C@H](NC(=O)c1sc2nc(-c3ccncc3)ccc2c1N)C12CC3CC(CC(C3)C1)C2. The molecule has 4 saturated carbocycles. The van der Waals surface area contributed by atoms with E-state index in [0.717, 1.165) is 39.2 Å². The van der Waals surface area contributed by atoms with Gasteiger partial charge in [-0.3, -0.25) is 9.78 Å². The second-order valence-corrected chi connectivity index (χ2v) is 11.1. The van der Waals surface area contributed by atoms with Crippen LogP contribution in [0, 0.1) is 23.2 Å². The molecule has 4 bridgehead atoms. The van der Waals surface area contributed by atoms with Crippen LogP contribution in [0.3, 0.4) is 0 Å². The van der Waals surface area contributed by atoms with Crippen LogP contribution in [0.15, 0.2) is 36.7 Å². The number of carbonyl (C=O) groups is 1. The summed E-state index contributed by atoms with van der Waals surface area (Å²) in [4.78, 5) is 23.5. The van der Waals surface area contributed by atoms with Crippen molar-refractivity contribution in [2.45, 2.75) is 51.5 Å². The third kappa shape index (κ3) is 3.15. The van der Waals surface area contributed by atoms with E-state index in [1.807, 2.05) is 24.3 Å². The first-order chi connectivity index (χ1) is 15.0. The Morgan fingerprint density at radius 3 is 2.39 bits per heavy atom. The Morgan fingerprint density at radius 1 is 1.10 bits per heavy atom. The molecule has 6 heteroatoms. The molecule has 4 fully saturated rings. The number of nitrogens with two attached hydrogens (primary N) is 1. The van der Waals surface area contributed by atoms with Gasteiger partial charge in [-0.15, -0.1) is 11.3 Å². The van der Waals surface area contributed by atoms with Crippen molar-refractivity contribution in [3.05, 3.63) is 41.5 Å². The van der Waals surface area contributed by atoms with E-state index in [0.29, 0.717) is 10.6 Å². The summed E-state index contributed by atoms with van der Waals surface area (Å²) in [6.45, 7) is 2.22. The van der Waals surface area contributed by atoms with Crippen molar-refractivity contribution in [2.75, 3.05) is 5.73 Å². The number of hydrogen-bond donors (Lipinski definition) is 2. The molecule has 3 heterocycles. The second kappa shape index (κ2) is 7.02. The Kier molecular flexibility index (Phi) is 4.36. The predicted octanol–water partition coefficient (Wildman–Crippen LogP) is 5.28. The number of pyridine rings is 2. The fraction of sp³-hybridized carbons (Fsp3) is 0.480. The van der Waals surface area contributed by atoms with E-state index in [1.54, 1.807) is 12.4 Å². The Bertz CT molecular complexity index is 1120. The first-order valence-corrected chi connectivity index (χ1v) is 12.2. The highest BCUT2D eigenvalue weighted by Gasteiger charge is 2.53. The monoisotopic (exact) mass is 432 g/mol. The largest absolute Gasteiger partial charge is 0.397 e. The Hall–Kier alpha value is -2.47. The molecule has 0 unspecified atom stereocenters. The highest BCUT2D eigenvalue weighted by atomic mass is 32.1. The summed E-state index contributed by atoms with van der Waals surface area (Å²) in [7, 11) is 0. The van der Waals surface area contributed by atoms with Gasteiger partial charge in [0.2, 0.25) is 0 Å². The van der Waals surface area contributed by atoms with Crippen LogP contribution in [0.1, 0.15) is 55.1 Å². The summed E-state index contributed by atoms with van der Waals surface area (Å²) in [5.41, 5.74) is 9.11. The zero-order valence-electron chi connectivity index (χ0n) is 17.8. The summed E-state index contributed by atoms with van der Waals surface area (Å²) >= 11 is 1.40. The molecule has 0 spiro atoms. The first-order valence-electron chi connectivity index (χ1n) is 11.4. The van der Waals surface area contributed by atoms with Crippen LogP contribution in [0.2, 0.25) is 0 Å². The number of aromatic nitrogens is 2. The number of hydrogen-bond acceptors (Lipinski definition) is 5. The molecule has 7 rings (SSSR count). The standard InChI is InChI=1S/C25H28N4OS/c1-14(25-11-15-8-16(12-25)10-17(9-15)13-25)28-23(30)22-21(26)19-2-3-20(29-24(19)31-22)18-4-6-27-7-5-18/h2-7,14-17H,8-13,26H2,1H3,(H,28,30)/t14-,15?,16?,17?,25?/m0/s1. The minimum Gasteiger partial charge on any atom is -0.397 e. The molecule has 1 atom stereocenters. The zero-order valence-corrected chi connectivity index (χ0v) is 18.6. The number of anilines is 1. The number of nitrogens with one attached hydrogen (secondary N) is 1. The lowest BCUT2D eigenvalue weighted by molar-refractivity contribution is -0.0687. The second-order valence-electron chi connectivity index (χ2n) is 10.1. The van der Waals surface area contributed by atoms with Crippen LogP contribution >= 0.6 is 11.3 Å². The molecule has 0 radical (unpaired) electrons. The normalized spacial score (nSPS) is 29.9. The summed E-state index contributed by atoms with van der Waals surface area (Å²) in [6.07, 6.45) is 11.6. The number of nitrogen functional groups attached to an aromatic ring is 1. The highest BCUT2D eigenvalue weighted by Crippen LogP contribution is 2.61. The van der Waals surface area contributed by atoms with Crippen LogP contribution in [0.4, 0.5) is 5.69 Å². The van der Waals surface area contributed by atoms with Gasteiger partial charge in [0.15, 0.2) is 0 Å².